The molecule has 0 amide bonds. The predicted octanol–water partition coefficient (Wildman–Crippen LogP) is 3.16. The Kier molecular flexibility index (Phi) is 4.87. The minimum atomic E-state index is -0.375. The van der Waals surface area contributed by atoms with E-state index in [-0.39, 0.29) is 10.8 Å². The van der Waals surface area contributed by atoms with Crippen molar-refractivity contribution in [2.75, 3.05) is 11.9 Å². The summed E-state index contributed by atoms with van der Waals surface area (Å²) < 4.78 is 13.6. The molecule has 0 aliphatic heterocycles. The molecule has 1 aromatic rings. The Morgan fingerprint density at radius 3 is 2.53 bits per heavy atom. The molecular formula is C13H19FN2S. The van der Waals surface area contributed by atoms with E-state index in [2.05, 4.69) is 26.1 Å². The molecule has 0 saturated heterocycles. The van der Waals surface area contributed by atoms with Crippen LogP contribution in [0.15, 0.2) is 18.2 Å². The van der Waals surface area contributed by atoms with Gasteiger partial charge < -0.3 is 11.1 Å². The maximum Gasteiger partial charge on any atom is 0.135 e. The second-order valence-electron chi connectivity index (χ2n) is 4.66. The van der Waals surface area contributed by atoms with Gasteiger partial charge in [0, 0.05) is 17.8 Å². The minimum Gasteiger partial charge on any atom is -0.389 e. The predicted molar refractivity (Wildman–Crippen MR) is 74.8 cm³/mol. The summed E-state index contributed by atoms with van der Waals surface area (Å²) in [6.07, 6.45) is 0. The number of benzene rings is 1. The van der Waals surface area contributed by atoms with Crippen LogP contribution in [0.2, 0.25) is 0 Å². The van der Waals surface area contributed by atoms with Crippen LogP contribution < -0.4 is 11.1 Å². The molecule has 0 bridgehead atoms. The van der Waals surface area contributed by atoms with E-state index in [1.165, 1.54) is 6.07 Å². The molecule has 1 unspecified atom stereocenters. The van der Waals surface area contributed by atoms with Crippen LogP contribution in [0.1, 0.15) is 26.3 Å². The van der Waals surface area contributed by atoms with E-state index in [0.29, 0.717) is 17.4 Å². The lowest BCUT2D eigenvalue weighted by molar-refractivity contribution is 0.439. The second kappa shape index (κ2) is 5.96. The Labute approximate surface area is 107 Å². The molecular weight excluding hydrogens is 235 g/mol. The van der Waals surface area contributed by atoms with Gasteiger partial charge in [0.2, 0.25) is 0 Å². The first kappa shape index (κ1) is 13.9. The van der Waals surface area contributed by atoms with E-state index >= 15 is 0 Å². The van der Waals surface area contributed by atoms with Crippen LogP contribution in [0.4, 0.5) is 10.1 Å². The fourth-order valence-electron chi connectivity index (χ4n) is 1.34. The van der Waals surface area contributed by atoms with Crippen LogP contribution in [0.5, 0.6) is 0 Å². The fraction of sp³-hybridized carbons (Fsp3) is 0.462. The van der Waals surface area contributed by atoms with Crippen molar-refractivity contribution in [2.24, 2.45) is 17.6 Å². The van der Waals surface area contributed by atoms with Gasteiger partial charge >= 0.3 is 0 Å². The van der Waals surface area contributed by atoms with Gasteiger partial charge in [0.1, 0.15) is 10.8 Å². The zero-order valence-electron chi connectivity index (χ0n) is 10.5. The Morgan fingerprint density at radius 2 is 2.06 bits per heavy atom. The second-order valence-corrected chi connectivity index (χ2v) is 5.10. The Hall–Kier alpha value is -1.16. The topological polar surface area (TPSA) is 38.0 Å². The number of thiocarbonyl (C=S) groups is 1. The highest BCUT2D eigenvalue weighted by molar-refractivity contribution is 7.80. The Morgan fingerprint density at radius 1 is 1.41 bits per heavy atom. The molecule has 94 valence electrons. The standard InChI is InChI=1S/C13H19FN2S/c1-8(2)9(3)7-16-10-4-5-11(13(15)17)12(14)6-10/h4-6,8-9,16H,7H2,1-3H3,(H2,15,17). The van der Waals surface area contributed by atoms with E-state index in [1.807, 2.05) is 0 Å². The van der Waals surface area contributed by atoms with E-state index in [9.17, 15) is 4.39 Å². The highest BCUT2D eigenvalue weighted by atomic mass is 32.1. The van der Waals surface area contributed by atoms with Gasteiger partial charge in [0.05, 0.1) is 0 Å². The van der Waals surface area contributed by atoms with Crippen molar-refractivity contribution < 1.29 is 4.39 Å². The van der Waals surface area contributed by atoms with Crippen molar-refractivity contribution in [2.45, 2.75) is 20.8 Å². The summed E-state index contributed by atoms with van der Waals surface area (Å²) in [7, 11) is 0. The van der Waals surface area contributed by atoms with Gasteiger partial charge in [-0.3, -0.25) is 0 Å². The minimum absolute atomic E-state index is 0.0876. The first-order chi connectivity index (χ1) is 7.91. The number of hydrogen-bond acceptors (Lipinski definition) is 2. The van der Waals surface area contributed by atoms with Crippen LogP contribution in [0.25, 0.3) is 0 Å². The summed E-state index contributed by atoms with van der Waals surface area (Å²) in [5, 5.41) is 3.21. The van der Waals surface area contributed by atoms with Gasteiger partial charge in [-0.2, -0.15) is 0 Å². The zero-order valence-corrected chi connectivity index (χ0v) is 11.3. The van der Waals surface area contributed by atoms with Crippen molar-refractivity contribution in [3.8, 4) is 0 Å². The molecule has 4 heteroatoms. The average Bonchev–Trinajstić information content (AvgIpc) is 2.25. The smallest absolute Gasteiger partial charge is 0.135 e. The molecule has 0 spiro atoms. The van der Waals surface area contributed by atoms with Crippen molar-refractivity contribution >= 4 is 22.9 Å². The Bertz CT molecular complexity index is 404. The molecule has 0 aromatic heterocycles. The summed E-state index contributed by atoms with van der Waals surface area (Å²) in [6, 6.07) is 4.84. The SMILES string of the molecule is CC(C)C(C)CNc1ccc(C(N)=S)c(F)c1. The van der Waals surface area contributed by atoms with Gasteiger partial charge in [0.15, 0.2) is 0 Å². The van der Waals surface area contributed by atoms with Crippen molar-refractivity contribution in [1.82, 2.24) is 0 Å². The lowest BCUT2D eigenvalue weighted by Gasteiger charge is -2.17. The number of nitrogens with one attached hydrogen (secondary N) is 1. The van der Waals surface area contributed by atoms with Crippen molar-refractivity contribution in [1.29, 1.82) is 0 Å². The van der Waals surface area contributed by atoms with E-state index in [0.717, 1.165) is 12.2 Å². The third-order valence-electron chi connectivity index (χ3n) is 3.00. The molecule has 0 radical (unpaired) electrons. The monoisotopic (exact) mass is 254 g/mol. The molecule has 1 rings (SSSR count). The van der Waals surface area contributed by atoms with Crippen LogP contribution in [-0.2, 0) is 0 Å². The first-order valence-corrected chi connectivity index (χ1v) is 6.16. The first-order valence-electron chi connectivity index (χ1n) is 5.75. The summed E-state index contributed by atoms with van der Waals surface area (Å²) in [4.78, 5) is 0.0876. The number of anilines is 1. The molecule has 0 aliphatic carbocycles. The average molecular weight is 254 g/mol. The molecule has 1 atom stereocenters. The van der Waals surface area contributed by atoms with Gasteiger partial charge in [-0.1, -0.05) is 33.0 Å². The third-order valence-corrected chi connectivity index (χ3v) is 3.22. The normalized spacial score (nSPS) is 12.5. The number of nitrogens with two attached hydrogens (primary N) is 1. The molecule has 0 saturated carbocycles. The summed E-state index contributed by atoms with van der Waals surface area (Å²) in [5.41, 5.74) is 6.45. The molecule has 1 aromatic carbocycles. The van der Waals surface area contributed by atoms with E-state index in [4.69, 9.17) is 18.0 Å². The molecule has 17 heavy (non-hydrogen) atoms. The summed E-state index contributed by atoms with van der Waals surface area (Å²) >= 11 is 4.75. The highest BCUT2D eigenvalue weighted by Gasteiger charge is 2.08. The van der Waals surface area contributed by atoms with E-state index < -0.39 is 0 Å². The molecule has 3 N–H and O–H groups in total. The molecule has 2 nitrogen and oxygen atoms in total. The molecule has 0 fully saturated rings. The maximum absolute atomic E-state index is 13.6. The van der Waals surface area contributed by atoms with Crippen LogP contribution in [0, 0.1) is 17.7 Å². The maximum atomic E-state index is 13.6. The third kappa shape index (κ3) is 3.97. The van der Waals surface area contributed by atoms with Gasteiger partial charge in [0.25, 0.3) is 0 Å². The highest BCUT2D eigenvalue weighted by Crippen LogP contribution is 2.16. The number of rotatable bonds is 5. The van der Waals surface area contributed by atoms with Gasteiger partial charge in [-0.25, -0.2) is 4.39 Å². The van der Waals surface area contributed by atoms with E-state index in [1.54, 1.807) is 12.1 Å². The van der Waals surface area contributed by atoms with Gasteiger partial charge in [-0.15, -0.1) is 0 Å². The molecule has 0 aliphatic rings. The number of hydrogen-bond donors (Lipinski definition) is 2. The largest absolute Gasteiger partial charge is 0.389 e. The lowest BCUT2D eigenvalue weighted by Crippen LogP contribution is -2.17. The zero-order chi connectivity index (χ0) is 13.0. The Balaban J connectivity index is 2.68. The number of halogens is 1. The van der Waals surface area contributed by atoms with Crippen LogP contribution in [-0.4, -0.2) is 11.5 Å². The van der Waals surface area contributed by atoms with Gasteiger partial charge in [-0.05, 0) is 30.0 Å². The van der Waals surface area contributed by atoms with Crippen LogP contribution in [0.3, 0.4) is 0 Å². The van der Waals surface area contributed by atoms with Crippen molar-refractivity contribution in [3.63, 3.8) is 0 Å². The summed E-state index contributed by atoms with van der Waals surface area (Å²) in [5.74, 6) is 0.760. The lowest BCUT2D eigenvalue weighted by atomic mass is 9.98. The van der Waals surface area contributed by atoms with Crippen molar-refractivity contribution in [3.05, 3.63) is 29.6 Å². The molecule has 0 heterocycles. The fourth-order valence-corrected chi connectivity index (χ4v) is 1.50. The van der Waals surface area contributed by atoms with Crippen LogP contribution >= 0.6 is 12.2 Å². The summed E-state index contributed by atoms with van der Waals surface area (Å²) in [6.45, 7) is 7.33. The quantitative estimate of drug-likeness (QED) is 0.793.